The van der Waals surface area contributed by atoms with Gasteiger partial charge in [-0.2, -0.15) is 0 Å². The molecule has 0 aliphatic rings. The summed E-state index contributed by atoms with van der Waals surface area (Å²) in [6.45, 7) is 3.87. The second-order valence-electron chi connectivity index (χ2n) is 6.74. The zero-order valence-electron chi connectivity index (χ0n) is 15.7. The zero-order valence-corrected chi connectivity index (χ0v) is 17.4. The summed E-state index contributed by atoms with van der Waals surface area (Å²) in [7, 11) is 0.246. The first kappa shape index (κ1) is 21.3. The van der Waals surface area contributed by atoms with E-state index in [0.29, 0.717) is 12.2 Å². The second kappa shape index (κ2) is 8.79. The lowest BCUT2D eigenvalue weighted by Crippen LogP contribution is -3.06. The Morgan fingerprint density at radius 3 is 2.48 bits per heavy atom. The van der Waals surface area contributed by atoms with Crippen molar-refractivity contribution in [2.24, 2.45) is 0 Å². The van der Waals surface area contributed by atoms with Crippen molar-refractivity contribution in [3.8, 4) is 0 Å². The van der Waals surface area contributed by atoms with E-state index in [4.69, 9.17) is 0 Å². The average Bonchev–Trinajstić information content (AvgIpc) is 3.07. The number of thiophene rings is 1. The van der Waals surface area contributed by atoms with Gasteiger partial charge in [-0.05, 0) is 37.4 Å². The van der Waals surface area contributed by atoms with Crippen molar-refractivity contribution < 1.29 is 18.2 Å². The molecule has 10 heteroatoms. The number of benzene rings is 1. The molecule has 0 radical (unpaired) electrons. The maximum absolute atomic E-state index is 12.3. The van der Waals surface area contributed by atoms with E-state index in [-0.39, 0.29) is 22.7 Å². The van der Waals surface area contributed by atoms with E-state index in [2.05, 4.69) is 10.0 Å². The molecular formula is C17H25N4O4S2+. The van der Waals surface area contributed by atoms with Crippen molar-refractivity contribution >= 4 is 32.7 Å². The number of likely N-dealkylation sites (N-methyl/N-ethyl adjacent to an activating group) is 1. The summed E-state index contributed by atoms with van der Waals surface area (Å²) in [6.07, 6.45) is 0. The van der Waals surface area contributed by atoms with Crippen LogP contribution in [0.4, 0.5) is 11.4 Å². The molecule has 1 aromatic heterocycles. The highest BCUT2D eigenvalue weighted by atomic mass is 32.2. The van der Waals surface area contributed by atoms with Gasteiger partial charge in [0.15, 0.2) is 0 Å². The highest BCUT2D eigenvalue weighted by Gasteiger charge is 2.24. The number of quaternary nitrogens is 1. The summed E-state index contributed by atoms with van der Waals surface area (Å²) in [6, 6.07) is 7.74. The first-order chi connectivity index (χ1) is 12.6. The number of nitro benzene ring substituents is 1. The SMILES string of the molecule is CC(C)NS(=O)(=O)c1ccc(NC[C@@H](c2cccs2)[NH+](C)C)c([N+](=O)[O-])c1. The van der Waals surface area contributed by atoms with E-state index >= 15 is 0 Å². The predicted octanol–water partition coefficient (Wildman–Crippen LogP) is 1.64. The molecule has 27 heavy (non-hydrogen) atoms. The Morgan fingerprint density at radius 1 is 1.26 bits per heavy atom. The van der Waals surface area contributed by atoms with Gasteiger partial charge in [0.05, 0.1) is 35.3 Å². The molecule has 2 aromatic rings. The second-order valence-corrected chi connectivity index (χ2v) is 9.43. The molecule has 0 fully saturated rings. The molecule has 8 nitrogen and oxygen atoms in total. The van der Waals surface area contributed by atoms with Crippen LogP contribution >= 0.6 is 11.3 Å². The minimum atomic E-state index is -3.80. The summed E-state index contributed by atoms with van der Waals surface area (Å²) in [5.74, 6) is 0. The molecule has 0 aliphatic heterocycles. The molecule has 0 saturated carbocycles. The molecule has 0 saturated heterocycles. The van der Waals surface area contributed by atoms with E-state index in [0.717, 1.165) is 6.07 Å². The van der Waals surface area contributed by atoms with Crippen LogP contribution in [0.1, 0.15) is 24.8 Å². The molecule has 0 spiro atoms. The van der Waals surface area contributed by atoms with Gasteiger partial charge in [-0.3, -0.25) is 10.1 Å². The Kier molecular flexibility index (Phi) is 6.93. The van der Waals surface area contributed by atoms with Gasteiger partial charge in [0.1, 0.15) is 11.7 Å². The summed E-state index contributed by atoms with van der Waals surface area (Å²) in [4.78, 5) is 13.1. The lowest BCUT2D eigenvalue weighted by atomic mass is 10.2. The zero-order chi connectivity index (χ0) is 20.2. The molecule has 1 atom stereocenters. The van der Waals surface area contributed by atoms with Crippen LogP contribution < -0.4 is 14.9 Å². The third-order valence-corrected chi connectivity index (χ3v) is 6.59. The monoisotopic (exact) mass is 413 g/mol. The van der Waals surface area contributed by atoms with Crippen LogP contribution in [0, 0.1) is 10.1 Å². The van der Waals surface area contributed by atoms with Crippen molar-refractivity contribution in [3.05, 3.63) is 50.7 Å². The van der Waals surface area contributed by atoms with Crippen molar-refractivity contribution in [1.29, 1.82) is 0 Å². The Bertz CT molecular complexity index is 880. The third-order valence-electron chi connectivity index (χ3n) is 3.95. The Balaban J connectivity index is 2.28. The van der Waals surface area contributed by atoms with Gasteiger partial charge in [-0.1, -0.05) is 6.07 Å². The van der Waals surface area contributed by atoms with Crippen molar-refractivity contribution in [3.63, 3.8) is 0 Å². The summed E-state index contributed by atoms with van der Waals surface area (Å²) >= 11 is 1.63. The summed E-state index contributed by atoms with van der Waals surface area (Å²) < 4.78 is 27.0. The first-order valence-electron chi connectivity index (χ1n) is 8.50. The topological polar surface area (TPSA) is 106 Å². The molecule has 0 bridgehead atoms. The van der Waals surface area contributed by atoms with Crippen LogP contribution in [-0.2, 0) is 10.0 Å². The van der Waals surface area contributed by atoms with Gasteiger partial charge in [0.25, 0.3) is 5.69 Å². The molecule has 0 unspecified atom stereocenters. The standard InChI is InChI=1S/C17H24N4O4S2/c1-12(2)19-27(24,25)13-7-8-14(15(10-13)21(22)23)18-11-16(20(3)4)17-6-5-9-26-17/h5-10,12,16,18-19H,11H2,1-4H3/p+1/t16-/m0/s1. The minimum absolute atomic E-state index is 0.121. The molecule has 1 aromatic carbocycles. The quantitative estimate of drug-likeness (QED) is 0.428. The fraction of sp³-hybridized carbons (Fsp3) is 0.412. The van der Waals surface area contributed by atoms with Crippen LogP contribution in [0.15, 0.2) is 40.6 Å². The van der Waals surface area contributed by atoms with Gasteiger partial charge in [-0.25, -0.2) is 13.1 Å². The number of nitrogens with one attached hydrogen (secondary N) is 3. The number of sulfonamides is 1. The van der Waals surface area contributed by atoms with Crippen LogP contribution in [0.5, 0.6) is 0 Å². The predicted molar refractivity (Wildman–Crippen MR) is 107 cm³/mol. The van der Waals surface area contributed by atoms with Crippen LogP contribution in [0.25, 0.3) is 0 Å². The number of nitro groups is 1. The lowest BCUT2D eigenvalue weighted by Gasteiger charge is -2.21. The number of rotatable bonds is 9. The molecule has 1 heterocycles. The van der Waals surface area contributed by atoms with Crippen LogP contribution in [-0.4, -0.2) is 40.0 Å². The fourth-order valence-electron chi connectivity index (χ4n) is 2.65. The lowest BCUT2D eigenvalue weighted by molar-refractivity contribution is -0.889. The minimum Gasteiger partial charge on any atom is -0.373 e. The molecule has 0 amide bonds. The smallest absolute Gasteiger partial charge is 0.293 e. The van der Waals surface area contributed by atoms with Crippen LogP contribution in [0.3, 0.4) is 0 Å². The van der Waals surface area contributed by atoms with E-state index in [1.54, 1.807) is 25.2 Å². The molecule has 2 rings (SSSR count). The van der Waals surface area contributed by atoms with E-state index in [9.17, 15) is 18.5 Å². The van der Waals surface area contributed by atoms with Gasteiger partial charge >= 0.3 is 0 Å². The largest absolute Gasteiger partial charge is 0.373 e. The highest BCUT2D eigenvalue weighted by Crippen LogP contribution is 2.28. The molecule has 148 valence electrons. The third kappa shape index (κ3) is 5.48. The molecule has 0 aliphatic carbocycles. The number of hydrogen-bond donors (Lipinski definition) is 3. The first-order valence-corrected chi connectivity index (χ1v) is 10.9. The van der Waals surface area contributed by atoms with Crippen molar-refractivity contribution in [2.75, 3.05) is 26.0 Å². The van der Waals surface area contributed by atoms with Gasteiger partial charge in [0.2, 0.25) is 10.0 Å². The highest BCUT2D eigenvalue weighted by molar-refractivity contribution is 7.89. The number of hydrogen-bond acceptors (Lipinski definition) is 6. The van der Waals surface area contributed by atoms with Crippen molar-refractivity contribution in [2.45, 2.75) is 30.8 Å². The number of nitrogens with zero attached hydrogens (tertiary/aromatic N) is 1. The fourth-order valence-corrected chi connectivity index (χ4v) is 4.87. The van der Waals surface area contributed by atoms with Gasteiger partial charge in [0, 0.05) is 12.1 Å². The molecular weight excluding hydrogens is 388 g/mol. The van der Waals surface area contributed by atoms with E-state index < -0.39 is 14.9 Å². The molecule has 3 N–H and O–H groups in total. The Morgan fingerprint density at radius 2 is 1.96 bits per heavy atom. The van der Waals surface area contributed by atoms with E-state index in [1.807, 2.05) is 31.6 Å². The van der Waals surface area contributed by atoms with E-state index in [1.165, 1.54) is 21.9 Å². The Labute approximate surface area is 163 Å². The maximum atomic E-state index is 12.3. The van der Waals surface area contributed by atoms with Crippen molar-refractivity contribution in [1.82, 2.24) is 4.72 Å². The summed E-state index contributed by atoms with van der Waals surface area (Å²) in [5.41, 5.74) is 0.0339. The normalized spacial score (nSPS) is 13.1. The Hall–Kier alpha value is -2.01. The number of anilines is 1. The average molecular weight is 414 g/mol. The maximum Gasteiger partial charge on any atom is 0.293 e. The van der Waals surface area contributed by atoms with Gasteiger partial charge < -0.3 is 10.2 Å². The summed E-state index contributed by atoms with van der Waals surface area (Å²) in [5, 5.41) is 16.6. The van der Waals surface area contributed by atoms with Crippen LogP contribution in [0.2, 0.25) is 0 Å². The van der Waals surface area contributed by atoms with Gasteiger partial charge in [-0.15, -0.1) is 11.3 Å².